The van der Waals surface area contributed by atoms with Crippen LogP contribution in [0.5, 0.6) is 5.75 Å². The van der Waals surface area contributed by atoms with Crippen LogP contribution in [0.4, 0.5) is 0 Å². The van der Waals surface area contributed by atoms with Gasteiger partial charge in [0.15, 0.2) is 0 Å². The molecule has 84 valence electrons. The Labute approximate surface area is 102 Å². The molecule has 0 unspecified atom stereocenters. The molecule has 4 heteroatoms. The zero-order valence-corrected chi connectivity index (χ0v) is 10.3. The Kier molecular flexibility index (Phi) is 3.13. The van der Waals surface area contributed by atoms with Crippen LogP contribution in [0.15, 0.2) is 27.7 Å². The van der Waals surface area contributed by atoms with Crippen LogP contribution in [-0.4, -0.2) is 11.2 Å². The predicted octanol–water partition coefficient (Wildman–Crippen LogP) is 3.26. The Balaban J connectivity index is 2.47. The second kappa shape index (κ2) is 4.40. The van der Waals surface area contributed by atoms with Crippen molar-refractivity contribution in [1.29, 1.82) is 0 Å². The Bertz CT molecular complexity index is 446. The lowest BCUT2D eigenvalue weighted by atomic mass is 9.89. The minimum absolute atomic E-state index is 0.201. The summed E-state index contributed by atoms with van der Waals surface area (Å²) in [6.07, 6.45) is 5.58. The van der Waals surface area contributed by atoms with Crippen molar-refractivity contribution < 1.29 is 9.90 Å². The first-order valence-corrected chi connectivity index (χ1v) is 6.05. The SMILES string of the molecule is O=C=NC1(c2ccc(O)c(Br)c2)CCCC1. The number of benzene rings is 1. The molecule has 0 aromatic heterocycles. The number of rotatable bonds is 2. The zero-order valence-electron chi connectivity index (χ0n) is 8.74. The van der Waals surface area contributed by atoms with Crippen LogP contribution in [0.2, 0.25) is 0 Å². The van der Waals surface area contributed by atoms with Crippen LogP contribution < -0.4 is 0 Å². The Hall–Kier alpha value is -1.12. The molecule has 0 saturated heterocycles. The van der Waals surface area contributed by atoms with Crippen LogP contribution in [0, 0.1) is 0 Å². The molecule has 1 saturated carbocycles. The predicted molar refractivity (Wildman–Crippen MR) is 64.1 cm³/mol. The van der Waals surface area contributed by atoms with Gasteiger partial charge in [-0.3, -0.25) is 0 Å². The van der Waals surface area contributed by atoms with Crippen molar-refractivity contribution in [1.82, 2.24) is 0 Å². The molecule has 1 fully saturated rings. The van der Waals surface area contributed by atoms with E-state index in [1.807, 2.05) is 12.1 Å². The highest BCUT2D eigenvalue weighted by molar-refractivity contribution is 9.10. The fourth-order valence-corrected chi connectivity index (χ4v) is 2.69. The van der Waals surface area contributed by atoms with Gasteiger partial charge in [0.2, 0.25) is 6.08 Å². The first-order chi connectivity index (χ1) is 7.68. The average Bonchev–Trinajstić information content (AvgIpc) is 2.72. The highest BCUT2D eigenvalue weighted by Crippen LogP contribution is 2.43. The number of phenols is 1. The number of aromatic hydroxyl groups is 1. The molecule has 2 rings (SSSR count). The summed E-state index contributed by atoms with van der Waals surface area (Å²) in [5, 5.41) is 9.45. The van der Waals surface area contributed by atoms with Crippen molar-refractivity contribution in [2.24, 2.45) is 4.99 Å². The lowest BCUT2D eigenvalue weighted by molar-refractivity contribution is 0.450. The van der Waals surface area contributed by atoms with Crippen LogP contribution in [0.25, 0.3) is 0 Å². The maximum atomic E-state index is 10.5. The number of isocyanates is 1. The highest BCUT2D eigenvalue weighted by Gasteiger charge is 2.35. The van der Waals surface area contributed by atoms with E-state index in [-0.39, 0.29) is 5.75 Å². The third-order valence-electron chi connectivity index (χ3n) is 3.18. The van der Waals surface area contributed by atoms with E-state index in [1.165, 1.54) is 0 Å². The molecule has 1 aliphatic carbocycles. The standard InChI is InChI=1S/C12H12BrNO2/c13-10-7-9(3-4-11(10)16)12(14-8-15)5-1-2-6-12/h3-4,7,16H,1-2,5-6H2. The van der Waals surface area contributed by atoms with E-state index in [2.05, 4.69) is 20.9 Å². The third-order valence-corrected chi connectivity index (χ3v) is 3.81. The molecule has 0 spiro atoms. The number of hydrogen-bond donors (Lipinski definition) is 1. The van der Waals surface area contributed by atoms with E-state index in [1.54, 1.807) is 12.1 Å². The number of phenolic OH excluding ortho intramolecular Hbond substituents is 1. The van der Waals surface area contributed by atoms with Crippen LogP contribution in [-0.2, 0) is 10.3 Å². The van der Waals surface area contributed by atoms with Gasteiger partial charge in [-0.05, 0) is 46.5 Å². The topological polar surface area (TPSA) is 49.7 Å². The van der Waals surface area contributed by atoms with Crippen molar-refractivity contribution in [2.75, 3.05) is 0 Å². The number of halogens is 1. The Morgan fingerprint density at radius 3 is 2.62 bits per heavy atom. The van der Waals surface area contributed by atoms with E-state index in [4.69, 9.17) is 0 Å². The van der Waals surface area contributed by atoms with Gasteiger partial charge in [-0.2, -0.15) is 4.99 Å². The molecule has 0 heterocycles. The monoisotopic (exact) mass is 281 g/mol. The normalized spacial score (nSPS) is 18.1. The van der Waals surface area contributed by atoms with Gasteiger partial charge < -0.3 is 5.11 Å². The average molecular weight is 282 g/mol. The highest BCUT2D eigenvalue weighted by atomic mass is 79.9. The molecule has 1 aliphatic rings. The molecule has 1 aromatic rings. The van der Waals surface area contributed by atoms with Gasteiger partial charge in [0.25, 0.3) is 0 Å². The molecular weight excluding hydrogens is 270 g/mol. The molecule has 1 N–H and O–H groups in total. The van der Waals surface area contributed by atoms with Crippen LogP contribution in [0.3, 0.4) is 0 Å². The van der Waals surface area contributed by atoms with E-state index in [9.17, 15) is 9.90 Å². The summed E-state index contributed by atoms with van der Waals surface area (Å²) in [4.78, 5) is 14.5. The molecule has 3 nitrogen and oxygen atoms in total. The van der Waals surface area contributed by atoms with Crippen molar-refractivity contribution >= 4 is 22.0 Å². The molecule has 0 amide bonds. The summed E-state index contributed by atoms with van der Waals surface area (Å²) >= 11 is 3.28. The lowest BCUT2D eigenvalue weighted by Crippen LogP contribution is -2.18. The van der Waals surface area contributed by atoms with Crippen molar-refractivity contribution in [3.8, 4) is 5.75 Å². The fraction of sp³-hybridized carbons (Fsp3) is 0.417. The fourth-order valence-electron chi connectivity index (χ4n) is 2.31. The largest absolute Gasteiger partial charge is 0.507 e. The molecule has 0 aliphatic heterocycles. The summed E-state index contributed by atoms with van der Waals surface area (Å²) in [5.74, 6) is 0.201. The van der Waals surface area contributed by atoms with Gasteiger partial charge in [0.05, 0.1) is 10.0 Å². The lowest BCUT2D eigenvalue weighted by Gasteiger charge is -2.23. The van der Waals surface area contributed by atoms with E-state index < -0.39 is 5.54 Å². The minimum Gasteiger partial charge on any atom is -0.507 e. The van der Waals surface area contributed by atoms with Gasteiger partial charge in [0.1, 0.15) is 5.75 Å². The van der Waals surface area contributed by atoms with Gasteiger partial charge in [0, 0.05) is 0 Å². The smallest absolute Gasteiger partial charge is 0.235 e. The van der Waals surface area contributed by atoms with Crippen molar-refractivity contribution in [3.05, 3.63) is 28.2 Å². The molecule has 0 radical (unpaired) electrons. The van der Waals surface area contributed by atoms with Crippen molar-refractivity contribution in [2.45, 2.75) is 31.2 Å². The van der Waals surface area contributed by atoms with Gasteiger partial charge >= 0.3 is 0 Å². The van der Waals surface area contributed by atoms with E-state index >= 15 is 0 Å². The van der Waals surface area contributed by atoms with Gasteiger partial charge in [-0.1, -0.05) is 18.9 Å². The summed E-state index contributed by atoms with van der Waals surface area (Å²) in [6, 6.07) is 5.29. The van der Waals surface area contributed by atoms with Crippen molar-refractivity contribution in [3.63, 3.8) is 0 Å². The number of nitrogens with zero attached hydrogens (tertiary/aromatic N) is 1. The van der Waals surface area contributed by atoms with E-state index in [0.29, 0.717) is 4.47 Å². The first kappa shape index (κ1) is 11.4. The van der Waals surface area contributed by atoms with Crippen LogP contribution in [0.1, 0.15) is 31.2 Å². The van der Waals surface area contributed by atoms with Crippen LogP contribution >= 0.6 is 15.9 Å². The third kappa shape index (κ3) is 1.91. The second-order valence-electron chi connectivity index (χ2n) is 4.11. The van der Waals surface area contributed by atoms with E-state index in [0.717, 1.165) is 31.2 Å². The number of carbonyl (C=O) groups excluding carboxylic acids is 1. The molecular formula is C12H12BrNO2. The quantitative estimate of drug-likeness (QED) is 0.668. The maximum absolute atomic E-state index is 10.5. The molecule has 0 bridgehead atoms. The number of hydrogen-bond acceptors (Lipinski definition) is 3. The minimum atomic E-state index is -0.419. The molecule has 1 aromatic carbocycles. The summed E-state index contributed by atoms with van der Waals surface area (Å²) in [7, 11) is 0. The van der Waals surface area contributed by atoms with Gasteiger partial charge in [-0.25, -0.2) is 4.79 Å². The number of aliphatic imine (C=N–C) groups is 1. The molecule has 16 heavy (non-hydrogen) atoms. The van der Waals surface area contributed by atoms with Gasteiger partial charge in [-0.15, -0.1) is 0 Å². The first-order valence-electron chi connectivity index (χ1n) is 5.26. The summed E-state index contributed by atoms with van der Waals surface area (Å²) in [5.41, 5.74) is 0.552. The summed E-state index contributed by atoms with van der Waals surface area (Å²) < 4.78 is 0.636. The molecule has 0 atom stereocenters. The summed E-state index contributed by atoms with van der Waals surface area (Å²) in [6.45, 7) is 0. The second-order valence-corrected chi connectivity index (χ2v) is 4.96. The zero-order chi connectivity index (χ0) is 11.6. The Morgan fingerprint density at radius 1 is 1.38 bits per heavy atom. The maximum Gasteiger partial charge on any atom is 0.235 e. The Morgan fingerprint density at radius 2 is 2.06 bits per heavy atom.